The minimum Gasteiger partial charge on any atom is -0.414 e. The van der Waals surface area contributed by atoms with Crippen LogP contribution in [0, 0.1) is 0 Å². The van der Waals surface area contributed by atoms with Crippen LogP contribution in [0.2, 0.25) is 0 Å². The molecular weight excluding hydrogens is 210 g/mol. The predicted molar refractivity (Wildman–Crippen MR) is 62.3 cm³/mol. The first-order valence-corrected chi connectivity index (χ1v) is 5.57. The molecule has 0 amide bonds. The summed E-state index contributed by atoms with van der Waals surface area (Å²) in [7, 11) is 0. The topological polar surface area (TPSA) is 56.2 Å². The monoisotopic (exact) mass is 223 g/mol. The zero-order valence-electron chi connectivity index (χ0n) is 8.74. The molecule has 0 fully saturated rings. The van der Waals surface area contributed by atoms with Crippen molar-refractivity contribution in [3.05, 3.63) is 33.5 Å². The molecule has 3 nitrogen and oxygen atoms in total. The zero-order chi connectivity index (χ0) is 11.1. The number of hydrogen-bond donors (Lipinski definition) is 1. The van der Waals surface area contributed by atoms with E-state index in [0.717, 1.165) is 28.0 Å². The molecule has 2 rings (SSSR count). The third-order valence-electron chi connectivity index (χ3n) is 2.05. The number of benzene rings is 1. The van der Waals surface area contributed by atoms with Crippen LogP contribution in [0.25, 0.3) is 10.3 Å². The fraction of sp³-hybridized carbons (Fsp3) is 0.364. The van der Waals surface area contributed by atoms with Gasteiger partial charge in [-0.1, -0.05) is 17.4 Å². The highest BCUT2D eigenvalue weighted by Gasteiger charge is 2.12. The van der Waals surface area contributed by atoms with Gasteiger partial charge in [0.05, 0.1) is 4.70 Å². The SMILES string of the molecule is CC(C)(N)Cc1ccc2oc(=O)sc2c1. The van der Waals surface area contributed by atoms with Crippen LogP contribution in [0.15, 0.2) is 27.4 Å². The molecule has 1 aromatic heterocycles. The summed E-state index contributed by atoms with van der Waals surface area (Å²) in [5.41, 5.74) is 7.49. The number of nitrogens with two attached hydrogens (primary N) is 1. The zero-order valence-corrected chi connectivity index (χ0v) is 9.56. The molecule has 4 heteroatoms. The van der Waals surface area contributed by atoms with Gasteiger partial charge in [0, 0.05) is 5.54 Å². The van der Waals surface area contributed by atoms with E-state index in [2.05, 4.69) is 0 Å². The Labute approximate surface area is 91.5 Å². The molecule has 0 aliphatic carbocycles. The molecule has 15 heavy (non-hydrogen) atoms. The number of rotatable bonds is 2. The summed E-state index contributed by atoms with van der Waals surface area (Å²) in [6, 6.07) is 5.75. The fourth-order valence-electron chi connectivity index (χ4n) is 1.55. The van der Waals surface area contributed by atoms with Crippen molar-refractivity contribution in [2.75, 3.05) is 0 Å². The summed E-state index contributed by atoms with van der Waals surface area (Å²) >= 11 is 1.13. The molecule has 0 saturated carbocycles. The standard InChI is InChI=1S/C11H13NO2S/c1-11(2,12)6-7-3-4-8-9(5-7)15-10(13)14-8/h3-5H,6,12H2,1-2H3. The van der Waals surface area contributed by atoms with Gasteiger partial charge in [-0.2, -0.15) is 0 Å². The molecule has 0 aliphatic rings. The Hall–Kier alpha value is -1.13. The first-order chi connectivity index (χ1) is 6.94. The average molecular weight is 223 g/mol. The molecule has 0 aliphatic heterocycles. The summed E-state index contributed by atoms with van der Waals surface area (Å²) in [6.45, 7) is 3.96. The first kappa shape index (κ1) is 10.4. The first-order valence-electron chi connectivity index (χ1n) is 4.75. The summed E-state index contributed by atoms with van der Waals surface area (Å²) in [4.78, 5) is 10.8. The van der Waals surface area contributed by atoms with E-state index in [9.17, 15) is 4.79 Å². The van der Waals surface area contributed by atoms with Crippen LogP contribution in [0.3, 0.4) is 0 Å². The lowest BCUT2D eigenvalue weighted by Gasteiger charge is -2.17. The van der Waals surface area contributed by atoms with Crippen molar-refractivity contribution in [2.45, 2.75) is 25.8 Å². The van der Waals surface area contributed by atoms with E-state index in [4.69, 9.17) is 10.2 Å². The maximum absolute atomic E-state index is 11.0. The Balaban J connectivity index is 2.42. The smallest absolute Gasteiger partial charge is 0.396 e. The van der Waals surface area contributed by atoms with Crippen LogP contribution < -0.4 is 10.7 Å². The van der Waals surface area contributed by atoms with Crippen molar-refractivity contribution in [1.82, 2.24) is 0 Å². The third-order valence-corrected chi connectivity index (χ3v) is 2.84. The van der Waals surface area contributed by atoms with Crippen LogP contribution in [-0.2, 0) is 6.42 Å². The Morgan fingerprint density at radius 1 is 1.47 bits per heavy atom. The molecule has 1 heterocycles. The molecule has 1 aromatic carbocycles. The maximum Gasteiger partial charge on any atom is 0.396 e. The molecule has 2 aromatic rings. The van der Waals surface area contributed by atoms with E-state index in [1.807, 2.05) is 32.0 Å². The molecule has 0 saturated heterocycles. The van der Waals surface area contributed by atoms with Gasteiger partial charge in [0.2, 0.25) is 0 Å². The number of fused-ring (bicyclic) bond motifs is 1. The normalized spacial score (nSPS) is 12.2. The van der Waals surface area contributed by atoms with Crippen LogP contribution in [0.5, 0.6) is 0 Å². The van der Waals surface area contributed by atoms with Gasteiger partial charge in [0.25, 0.3) is 0 Å². The molecule has 0 unspecified atom stereocenters. The summed E-state index contributed by atoms with van der Waals surface area (Å²) < 4.78 is 5.88. The van der Waals surface area contributed by atoms with Crippen LogP contribution in [0.1, 0.15) is 19.4 Å². The van der Waals surface area contributed by atoms with Crippen molar-refractivity contribution in [2.24, 2.45) is 5.73 Å². The lowest BCUT2D eigenvalue weighted by molar-refractivity contribution is 0.517. The highest BCUT2D eigenvalue weighted by Crippen LogP contribution is 2.20. The molecule has 0 radical (unpaired) electrons. The van der Waals surface area contributed by atoms with Crippen LogP contribution in [-0.4, -0.2) is 5.54 Å². The van der Waals surface area contributed by atoms with Gasteiger partial charge >= 0.3 is 4.94 Å². The second-order valence-electron chi connectivity index (χ2n) is 4.40. The van der Waals surface area contributed by atoms with Crippen LogP contribution >= 0.6 is 11.3 Å². The van der Waals surface area contributed by atoms with Crippen molar-refractivity contribution in [3.63, 3.8) is 0 Å². The van der Waals surface area contributed by atoms with Gasteiger partial charge in [-0.3, -0.25) is 0 Å². The van der Waals surface area contributed by atoms with Gasteiger partial charge in [-0.05, 0) is 38.0 Å². The fourth-order valence-corrected chi connectivity index (χ4v) is 2.28. The van der Waals surface area contributed by atoms with Gasteiger partial charge < -0.3 is 10.2 Å². The van der Waals surface area contributed by atoms with E-state index in [-0.39, 0.29) is 10.5 Å². The maximum atomic E-state index is 11.0. The highest BCUT2D eigenvalue weighted by atomic mass is 32.1. The molecular formula is C11H13NO2S. The second kappa shape index (κ2) is 3.47. The van der Waals surface area contributed by atoms with Crippen LogP contribution in [0.4, 0.5) is 0 Å². The van der Waals surface area contributed by atoms with Crippen molar-refractivity contribution in [3.8, 4) is 0 Å². The Morgan fingerprint density at radius 2 is 2.20 bits per heavy atom. The Bertz CT molecular complexity index is 533. The third kappa shape index (κ3) is 2.46. The largest absolute Gasteiger partial charge is 0.414 e. The van der Waals surface area contributed by atoms with E-state index in [1.54, 1.807) is 0 Å². The van der Waals surface area contributed by atoms with Gasteiger partial charge in [0.15, 0.2) is 0 Å². The van der Waals surface area contributed by atoms with E-state index in [1.165, 1.54) is 0 Å². The predicted octanol–water partition coefficient (Wildman–Crippen LogP) is 2.13. The molecule has 2 N–H and O–H groups in total. The quantitative estimate of drug-likeness (QED) is 0.848. The average Bonchev–Trinajstić information content (AvgIpc) is 2.40. The highest BCUT2D eigenvalue weighted by molar-refractivity contribution is 7.16. The molecule has 80 valence electrons. The Morgan fingerprint density at radius 3 is 2.87 bits per heavy atom. The lowest BCUT2D eigenvalue weighted by Crippen LogP contribution is -2.34. The molecule has 0 bridgehead atoms. The van der Waals surface area contributed by atoms with E-state index < -0.39 is 0 Å². The molecule has 0 atom stereocenters. The summed E-state index contributed by atoms with van der Waals surface area (Å²) in [5.74, 6) is 0. The minimum absolute atomic E-state index is 0.234. The van der Waals surface area contributed by atoms with Crippen molar-refractivity contribution < 1.29 is 4.42 Å². The second-order valence-corrected chi connectivity index (χ2v) is 5.38. The van der Waals surface area contributed by atoms with Gasteiger partial charge in [-0.15, -0.1) is 0 Å². The number of hydrogen-bond acceptors (Lipinski definition) is 4. The molecule has 0 spiro atoms. The Kier molecular flexibility index (Phi) is 2.40. The van der Waals surface area contributed by atoms with E-state index >= 15 is 0 Å². The summed E-state index contributed by atoms with van der Waals surface area (Å²) in [6.07, 6.45) is 0.787. The minimum atomic E-state index is -0.255. The van der Waals surface area contributed by atoms with Crippen molar-refractivity contribution in [1.29, 1.82) is 0 Å². The van der Waals surface area contributed by atoms with Gasteiger partial charge in [-0.25, -0.2) is 4.79 Å². The summed E-state index contributed by atoms with van der Waals surface area (Å²) in [5, 5.41) is 0. The van der Waals surface area contributed by atoms with Crippen molar-refractivity contribution >= 4 is 21.6 Å². The van der Waals surface area contributed by atoms with E-state index in [0.29, 0.717) is 5.58 Å². The lowest BCUT2D eigenvalue weighted by atomic mass is 9.96. The van der Waals surface area contributed by atoms with Gasteiger partial charge in [0.1, 0.15) is 5.58 Å².